The highest BCUT2D eigenvalue weighted by molar-refractivity contribution is 7.80. The van der Waals surface area contributed by atoms with Crippen LogP contribution in [0.1, 0.15) is 27.2 Å². The molecule has 0 amide bonds. The predicted octanol–water partition coefficient (Wildman–Crippen LogP) is 1.66. The minimum absolute atomic E-state index is 0.134. The van der Waals surface area contributed by atoms with Crippen LogP contribution < -0.4 is 5.90 Å². The summed E-state index contributed by atoms with van der Waals surface area (Å²) in [6.07, 6.45) is 0.780. The Labute approximate surface area is 79.2 Å². The van der Waals surface area contributed by atoms with Crippen LogP contribution in [0.3, 0.4) is 0 Å². The molecule has 2 N–H and O–H groups in total. The summed E-state index contributed by atoms with van der Waals surface area (Å²) in [7, 11) is 0. The van der Waals surface area contributed by atoms with Crippen molar-refractivity contribution in [3.05, 3.63) is 0 Å². The molecule has 0 fully saturated rings. The zero-order valence-corrected chi connectivity index (χ0v) is 8.74. The van der Waals surface area contributed by atoms with Gasteiger partial charge in [-0.3, -0.25) is 0 Å². The summed E-state index contributed by atoms with van der Waals surface area (Å²) in [4.78, 5) is 4.49. The molecule has 0 unspecified atom stereocenters. The van der Waals surface area contributed by atoms with Crippen molar-refractivity contribution in [1.29, 1.82) is 0 Å². The van der Waals surface area contributed by atoms with E-state index in [1.165, 1.54) is 0 Å². The minimum atomic E-state index is -0.134. The lowest BCUT2D eigenvalue weighted by atomic mass is 9.91. The monoisotopic (exact) mass is 191 g/mol. The van der Waals surface area contributed by atoms with Crippen LogP contribution in [0.4, 0.5) is 0 Å². The molecule has 0 heterocycles. The molecule has 0 aliphatic heterocycles. The van der Waals surface area contributed by atoms with Gasteiger partial charge in [-0.15, -0.1) is 0 Å². The van der Waals surface area contributed by atoms with Crippen LogP contribution in [0.2, 0.25) is 0 Å². The lowest BCUT2D eigenvalue weighted by molar-refractivity contribution is 0.114. The second kappa shape index (κ2) is 5.45. The quantitative estimate of drug-likeness (QED) is 0.530. The van der Waals surface area contributed by atoms with Gasteiger partial charge in [0.05, 0.1) is 13.2 Å². The van der Waals surface area contributed by atoms with Gasteiger partial charge in [0.2, 0.25) is 0 Å². The highest BCUT2D eigenvalue weighted by Crippen LogP contribution is 2.23. The number of nitrogens with two attached hydrogens (primary N) is 1. The maximum absolute atomic E-state index is 5.24. The fourth-order valence-electron chi connectivity index (χ4n) is 0.743. The molecule has 72 valence electrons. The SMILES string of the molecule is CCOC(=S)C(C)(C)CCON. The first-order valence-corrected chi connectivity index (χ1v) is 4.44. The molecule has 0 aliphatic rings. The Kier molecular flexibility index (Phi) is 5.37. The zero-order valence-electron chi connectivity index (χ0n) is 7.92. The largest absolute Gasteiger partial charge is 0.487 e. The molecule has 0 rings (SSSR count). The van der Waals surface area contributed by atoms with E-state index in [9.17, 15) is 0 Å². The third kappa shape index (κ3) is 3.99. The van der Waals surface area contributed by atoms with E-state index in [2.05, 4.69) is 4.84 Å². The molecule has 12 heavy (non-hydrogen) atoms. The van der Waals surface area contributed by atoms with E-state index in [1.54, 1.807) is 0 Å². The first kappa shape index (κ1) is 11.8. The number of rotatable bonds is 5. The van der Waals surface area contributed by atoms with Crippen molar-refractivity contribution in [1.82, 2.24) is 0 Å². The molecule has 3 nitrogen and oxygen atoms in total. The average molecular weight is 191 g/mol. The normalized spacial score (nSPS) is 11.3. The van der Waals surface area contributed by atoms with E-state index in [4.69, 9.17) is 22.9 Å². The summed E-state index contributed by atoms with van der Waals surface area (Å²) in [5.41, 5.74) is -0.134. The van der Waals surface area contributed by atoms with E-state index in [0.717, 1.165) is 6.42 Å². The molecular formula is C8H17NO2S. The van der Waals surface area contributed by atoms with Crippen molar-refractivity contribution in [3.8, 4) is 0 Å². The van der Waals surface area contributed by atoms with E-state index in [0.29, 0.717) is 18.3 Å². The van der Waals surface area contributed by atoms with Gasteiger partial charge in [-0.05, 0) is 25.6 Å². The third-order valence-electron chi connectivity index (χ3n) is 1.67. The molecule has 0 aromatic heterocycles. The van der Waals surface area contributed by atoms with Gasteiger partial charge in [-0.25, -0.2) is 5.90 Å². The molecule has 0 radical (unpaired) electrons. The van der Waals surface area contributed by atoms with E-state index >= 15 is 0 Å². The van der Waals surface area contributed by atoms with Gasteiger partial charge in [0.15, 0.2) is 5.05 Å². The fraction of sp³-hybridized carbons (Fsp3) is 0.875. The summed E-state index contributed by atoms with van der Waals surface area (Å²) in [5.74, 6) is 4.93. The Morgan fingerprint density at radius 2 is 2.08 bits per heavy atom. The van der Waals surface area contributed by atoms with Crippen molar-refractivity contribution >= 4 is 17.3 Å². The topological polar surface area (TPSA) is 44.5 Å². The second-order valence-corrected chi connectivity index (χ2v) is 3.60. The Morgan fingerprint density at radius 1 is 1.50 bits per heavy atom. The van der Waals surface area contributed by atoms with Gasteiger partial charge >= 0.3 is 0 Å². The average Bonchev–Trinajstić information content (AvgIpc) is 2.01. The summed E-state index contributed by atoms with van der Waals surface area (Å²) in [6.45, 7) is 7.07. The highest BCUT2D eigenvalue weighted by atomic mass is 32.1. The smallest absolute Gasteiger partial charge is 0.165 e. The Bertz CT molecular complexity index is 148. The number of hydrogen-bond acceptors (Lipinski definition) is 4. The zero-order chi connectivity index (χ0) is 9.61. The number of ether oxygens (including phenoxy) is 1. The van der Waals surface area contributed by atoms with Crippen LogP contribution in [0.15, 0.2) is 0 Å². The molecule has 0 bridgehead atoms. The minimum Gasteiger partial charge on any atom is -0.487 e. The fourth-order valence-corrected chi connectivity index (χ4v) is 0.963. The lowest BCUT2D eigenvalue weighted by Gasteiger charge is -2.24. The van der Waals surface area contributed by atoms with E-state index < -0.39 is 0 Å². The Balaban J connectivity index is 3.90. The van der Waals surface area contributed by atoms with E-state index in [-0.39, 0.29) is 5.41 Å². The summed E-state index contributed by atoms with van der Waals surface area (Å²) in [5, 5.41) is 0.627. The summed E-state index contributed by atoms with van der Waals surface area (Å²) < 4.78 is 5.24. The van der Waals surface area contributed by atoms with Crippen molar-refractivity contribution in [2.24, 2.45) is 11.3 Å². The van der Waals surface area contributed by atoms with Crippen LogP contribution >= 0.6 is 12.2 Å². The van der Waals surface area contributed by atoms with Crippen LogP contribution in [0.25, 0.3) is 0 Å². The summed E-state index contributed by atoms with van der Waals surface area (Å²) >= 11 is 5.08. The molecule has 4 heteroatoms. The predicted molar refractivity (Wildman–Crippen MR) is 52.8 cm³/mol. The van der Waals surface area contributed by atoms with Crippen LogP contribution in [0.5, 0.6) is 0 Å². The van der Waals surface area contributed by atoms with Gasteiger partial charge in [-0.2, -0.15) is 0 Å². The maximum Gasteiger partial charge on any atom is 0.165 e. The molecule has 0 aromatic carbocycles. The van der Waals surface area contributed by atoms with Crippen molar-refractivity contribution in [2.75, 3.05) is 13.2 Å². The molecular weight excluding hydrogens is 174 g/mol. The third-order valence-corrected chi connectivity index (χ3v) is 2.34. The molecule has 0 aliphatic carbocycles. The molecule has 0 saturated heterocycles. The number of thiocarbonyl (C=S) groups is 1. The summed E-state index contributed by atoms with van der Waals surface area (Å²) in [6, 6.07) is 0. The van der Waals surface area contributed by atoms with Gasteiger partial charge in [0.1, 0.15) is 0 Å². The molecule has 0 aromatic rings. The van der Waals surface area contributed by atoms with Gasteiger partial charge < -0.3 is 9.57 Å². The van der Waals surface area contributed by atoms with Gasteiger partial charge in [-0.1, -0.05) is 13.8 Å². The van der Waals surface area contributed by atoms with E-state index in [1.807, 2.05) is 20.8 Å². The molecule has 0 atom stereocenters. The molecule has 0 spiro atoms. The standard InChI is InChI=1S/C8H17NO2S/c1-4-10-7(12)8(2,3)5-6-11-9/h4-6,9H2,1-3H3. The first-order valence-electron chi connectivity index (χ1n) is 4.03. The van der Waals surface area contributed by atoms with Crippen LogP contribution in [-0.4, -0.2) is 18.3 Å². The van der Waals surface area contributed by atoms with Crippen molar-refractivity contribution in [2.45, 2.75) is 27.2 Å². The van der Waals surface area contributed by atoms with Crippen molar-refractivity contribution in [3.63, 3.8) is 0 Å². The van der Waals surface area contributed by atoms with Crippen LogP contribution in [0, 0.1) is 5.41 Å². The Morgan fingerprint density at radius 3 is 2.50 bits per heavy atom. The van der Waals surface area contributed by atoms with Gasteiger partial charge in [0.25, 0.3) is 0 Å². The van der Waals surface area contributed by atoms with Crippen molar-refractivity contribution < 1.29 is 9.57 Å². The number of hydrogen-bond donors (Lipinski definition) is 1. The maximum atomic E-state index is 5.24. The lowest BCUT2D eigenvalue weighted by Crippen LogP contribution is -2.27. The highest BCUT2D eigenvalue weighted by Gasteiger charge is 2.24. The molecule has 0 saturated carbocycles. The van der Waals surface area contributed by atoms with Gasteiger partial charge in [0, 0.05) is 5.41 Å². The Hall–Kier alpha value is -0.190. The second-order valence-electron chi connectivity index (χ2n) is 3.23. The van der Waals surface area contributed by atoms with Crippen LogP contribution in [-0.2, 0) is 9.57 Å². The first-order chi connectivity index (χ1) is 5.54.